The molecule has 2 bridgehead atoms. The minimum absolute atomic E-state index is 0.0708. The van der Waals surface area contributed by atoms with Crippen LogP contribution in [0.25, 0.3) is 0 Å². The van der Waals surface area contributed by atoms with E-state index < -0.39 is 57.1 Å². The molecule has 3 heterocycles. The van der Waals surface area contributed by atoms with Crippen molar-refractivity contribution in [1.29, 1.82) is 5.26 Å². The SMILES string of the molecule is C[C@]12CN(CC(=O)NCc3ccc([N+](=O)[O-])cc3)C[C@](C)(O1)[C@H]1C(=O)N(c3ccc(C#N)c(C(F)(F)F)c3)C(=O)[C@H]12. The summed E-state index contributed by atoms with van der Waals surface area (Å²) in [6.07, 6.45) is -4.86. The minimum atomic E-state index is -4.86. The molecule has 2 aromatic rings. The molecule has 3 saturated heterocycles. The fraction of sp³-hybridized carbons (Fsp3) is 0.407. The number of ether oxygens (including phenoxy) is 1. The van der Waals surface area contributed by atoms with E-state index in [0.717, 1.165) is 17.0 Å². The van der Waals surface area contributed by atoms with Gasteiger partial charge in [-0.1, -0.05) is 12.1 Å². The number of nitrogens with zero attached hydrogens (tertiary/aromatic N) is 4. The molecular weight excluding hydrogens is 547 g/mol. The first-order chi connectivity index (χ1) is 19.2. The molecule has 41 heavy (non-hydrogen) atoms. The van der Waals surface area contributed by atoms with E-state index in [1.165, 1.54) is 30.3 Å². The van der Waals surface area contributed by atoms with Gasteiger partial charge in [-0.05, 0) is 37.6 Å². The number of nitrogens with one attached hydrogen (secondary N) is 1. The maximum atomic E-state index is 13.6. The number of nitro benzene ring substituents is 1. The lowest BCUT2D eigenvalue weighted by molar-refractivity contribution is -0.384. The summed E-state index contributed by atoms with van der Waals surface area (Å²) in [5.74, 6) is -3.73. The number of nitro groups is 1. The summed E-state index contributed by atoms with van der Waals surface area (Å²) < 4.78 is 46.9. The van der Waals surface area contributed by atoms with Gasteiger partial charge in [0.1, 0.15) is 0 Å². The lowest BCUT2D eigenvalue weighted by Gasteiger charge is -2.44. The molecule has 0 aromatic heterocycles. The molecule has 1 N–H and O–H groups in total. The molecule has 3 amide bonds. The van der Waals surface area contributed by atoms with Crippen molar-refractivity contribution in [3.8, 4) is 6.07 Å². The first-order valence-electron chi connectivity index (χ1n) is 12.6. The highest BCUT2D eigenvalue weighted by Crippen LogP contribution is 2.55. The molecule has 4 atom stereocenters. The van der Waals surface area contributed by atoms with Gasteiger partial charge in [0.05, 0.1) is 57.4 Å². The zero-order chi connectivity index (χ0) is 29.9. The first kappa shape index (κ1) is 28.2. The molecule has 0 spiro atoms. The Morgan fingerprint density at radius 2 is 1.71 bits per heavy atom. The van der Waals surface area contributed by atoms with E-state index in [4.69, 9.17) is 10.00 Å². The third-order valence-electron chi connectivity index (χ3n) is 7.85. The van der Waals surface area contributed by atoms with E-state index in [2.05, 4.69) is 5.32 Å². The number of carbonyl (C=O) groups excluding carboxylic acids is 3. The number of imide groups is 1. The van der Waals surface area contributed by atoms with Gasteiger partial charge in [-0.15, -0.1) is 0 Å². The quantitative estimate of drug-likeness (QED) is 0.317. The maximum Gasteiger partial charge on any atom is 0.417 e. The lowest BCUT2D eigenvalue weighted by Crippen LogP contribution is -2.59. The van der Waals surface area contributed by atoms with Crippen molar-refractivity contribution in [2.75, 3.05) is 24.5 Å². The summed E-state index contributed by atoms with van der Waals surface area (Å²) in [6, 6.07) is 9.93. The summed E-state index contributed by atoms with van der Waals surface area (Å²) in [7, 11) is 0. The van der Waals surface area contributed by atoms with Crippen LogP contribution < -0.4 is 10.2 Å². The summed E-state index contributed by atoms with van der Waals surface area (Å²) in [6.45, 7) is 3.58. The van der Waals surface area contributed by atoms with Crippen molar-refractivity contribution in [2.24, 2.45) is 11.8 Å². The Morgan fingerprint density at radius 3 is 2.22 bits per heavy atom. The number of anilines is 1. The Morgan fingerprint density at radius 1 is 1.12 bits per heavy atom. The Balaban J connectivity index is 1.31. The van der Waals surface area contributed by atoms with E-state index >= 15 is 0 Å². The van der Waals surface area contributed by atoms with Crippen LogP contribution in [0.2, 0.25) is 0 Å². The van der Waals surface area contributed by atoms with Crippen LogP contribution in [0.1, 0.15) is 30.5 Å². The van der Waals surface area contributed by atoms with Gasteiger partial charge >= 0.3 is 6.18 Å². The Bertz CT molecular complexity index is 1470. The summed E-state index contributed by atoms with van der Waals surface area (Å²) in [5.41, 5.74) is -3.94. The average molecular weight is 572 g/mol. The van der Waals surface area contributed by atoms with Crippen LogP contribution >= 0.6 is 0 Å². The van der Waals surface area contributed by atoms with Gasteiger partial charge in [-0.3, -0.25) is 29.4 Å². The molecule has 0 unspecified atom stereocenters. The number of rotatable bonds is 6. The number of halogens is 3. The predicted molar refractivity (Wildman–Crippen MR) is 135 cm³/mol. The van der Waals surface area contributed by atoms with Crippen molar-refractivity contribution >= 4 is 29.1 Å². The monoisotopic (exact) mass is 571 g/mol. The number of alkyl halides is 3. The highest BCUT2D eigenvalue weighted by atomic mass is 19.4. The Hall–Kier alpha value is -4.35. The number of carbonyl (C=O) groups is 3. The number of morpholine rings is 1. The number of benzene rings is 2. The van der Waals surface area contributed by atoms with Gasteiger partial charge < -0.3 is 10.1 Å². The normalized spacial score (nSPS) is 27.5. The molecular formula is C27H24F3N5O6. The van der Waals surface area contributed by atoms with Crippen molar-refractivity contribution in [2.45, 2.75) is 37.8 Å². The van der Waals surface area contributed by atoms with Gasteiger partial charge in [0, 0.05) is 31.8 Å². The van der Waals surface area contributed by atoms with Crippen LogP contribution in [0.5, 0.6) is 0 Å². The molecule has 14 heteroatoms. The average Bonchev–Trinajstić information content (AvgIpc) is 3.26. The van der Waals surface area contributed by atoms with Gasteiger partial charge in [0.2, 0.25) is 17.7 Å². The molecule has 214 valence electrons. The Kier molecular flexibility index (Phi) is 6.62. The number of nitriles is 1. The number of non-ortho nitro benzene ring substituents is 1. The predicted octanol–water partition coefficient (Wildman–Crippen LogP) is 2.77. The number of hydrogen-bond donors (Lipinski definition) is 1. The third kappa shape index (κ3) is 4.81. The van der Waals surface area contributed by atoms with E-state index in [-0.39, 0.29) is 43.5 Å². The topological polar surface area (TPSA) is 146 Å². The van der Waals surface area contributed by atoms with Gasteiger partial charge in [-0.25, -0.2) is 4.90 Å². The van der Waals surface area contributed by atoms with E-state index in [0.29, 0.717) is 11.6 Å². The lowest BCUT2D eigenvalue weighted by atomic mass is 9.79. The fourth-order valence-electron chi connectivity index (χ4n) is 6.33. The van der Waals surface area contributed by atoms with Crippen LogP contribution in [0.4, 0.5) is 24.5 Å². The third-order valence-corrected chi connectivity index (χ3v) is 7.85. The molecule has 0 radical (unpaired) electrons. The summed E-state index contributed by atoms with van der Waals surface area (Å²) in [5, 5.41) is 22.6. The standard InChI is InChI=1S/C27H24F3N5O6/c1-25-13-33(12-20(36)32-11-15-3-6-17(7-4-15)35(39)40)14-26(2,41-25)22-21(25)23(37)34(24(22)38)18-8-5-16(10-31)19(9-18)27(28,29)30/h3-9,21-22H,11-14H2,1-2H3,(H,32,36)/t21-,22+,25+,26-. The van der Waals surface area contributed by atoms with E-state index in [9.17, 15) is 37.7 Å². The smallest absolute Gasteiger partial charge is 0.365 e. The van der Waals surface area contributed by atoms with Crippen LogP contribution in [-0.2, 0) is 31.8 Å². The first-order valence-corrected chi connectivity index (χ1v) is 12.6. The maximum absolute atomic E-state index is 13.6. The molecule has 3 aliphatic heterocycles. The van der Waals surface area contributed by atoms with Crippen LogP contribution in [-0.4, -0.2) is 58.4 Å². The minimum Gasteiger partial charge on any atom is -0.365 e. The van der Waals surface area contributed by atoms with Crippen LogP contribution in [0.15, 0.2) is 42.5 Å². The van der Waals surface area contributed by atoms with E-state index in [1.54, 1.807) is 18.7 Å². The zero-order valence-corrected chi connectivity index (χ0v) is 21.9. The molecule has 0 aliphatic carbocycles. The van der Waals surface area contributed by atoms with Gasteiger partial charge in [0.15, 0.2) is 0 Å². The van der Waals surface area contributed by atoms with Gasteiger partial charge in [0.25, 0.3) is 5.69 Å². The molecule has 5 rings (SSSR count). The number of fused-ring (bicyclic) bond motifs is 5. The van der Waals surface area contributed by atoms with Crippen molar-refractivity contribution in [1.82, 2.24) is 10.2 Å². The molecule has 11 nitrogen and oxygen atoms in total. The molecule has 2 aromatic carbocycles. The van der Waals surface area contributed by atoms with Gasteiger partial charge in [-0.2, -0.15) is 18.4 Å². The molecule has 3 aliphatic rings. The molecule has 3 fully saturated rings. The van der Waals surface area contributed by atoms with Crippen molar-refractivity contribution < 1.29 is 37.2 Å². The second-order valence-electron chi connectivity index (χ2n) is 10.9. The zero-order valence-electron chi connectivity index (χ0n) is 21.9. The fourth-order valence-corrected chi connectivity index (χ4v) is 6.33. The second kappa shape index (κ2) is 9.64. The molecule has 0 saturated carbocycles. The van der Waals surface area contributed by atoms with E-state index in [1.807, 2.05) is 0 Å². The highest BCUT2D eigenvalue weighted by molar-refractivity contribution is 6.23. The van der Waals surface area contributed by atoms with Crippen LogP contribution in [0.3, 0.4) is 0 Å². The van der Waals surface area contributed by atoms with Crippen molar-refractivity contribution in [3.63, 3.8) is 0 Å². The van der Waals surface area contributed by atoms with Crippen LogP contribution in [0, 0.1) is 33.3 Å². The highest BCUT2D eigenvalue weighted by Gasteiger charge is 2.71. The Labute approximate surface area is 231 Å². The number of likely N-dealkylation sites (tertiary alicyclic amines) is 1. The number of hydrogen-bond acceptors (Lipinski definition) is 8. The summed E-state index contributed by atoms with van der Waals surface area (Å²) >= 11 is 0. The largest absolute Gasteiger partial charge is 0.417 e. The second-order valence-corrected chi connectivity index (χ2v) is 10.9. The number of amides is 3. The summed E-state index contributed by atoms with van der Waals surface area (Å²) in [4.78, 5) is 52.7. The van der Waals surface area contributed by atoms with Crippen molar-refractivity contribution in [3.05, 3.63) is 69.3 Å².